The maximum Gasteiger partial charge on any atom is 0.0634 e. The van der Waals surface area contributed by atoms with Gasteiger partial charge in [0.25, 0.3) is 0 Å². The highest BCUT2D eigenvalue weighted by Crippen LogP contribution is 2.43. The van der Waals surface area contributed by atoms with Crippen molar-refractivity contribution in [2.45, 2.75) is 25.0 Å². The summed E-state index contributed by atoms with van der Waals surface area (Å²) in [7, 11) is 4.17. The first kappa shape index (κ1) is 9.44. The van der Waals surface area contributed by atoms with Gasteiger partial charge in [0.05, 0.1) is 12.2 Å². The fourth-order valence-electron chi connectivity index (χ4n) is 2.80. The summed E-state index contributed by atoms with van der Waals surface area (Å²) in [4.78, 5) is 2.19. The maximum atomic E-state index is 9.27. The van der Waals surface area contributed by atoms with Crippen LogP contribution in [-0.4, -0.2) is 49.5 Å². The van der Waals surface area contributed by atoms with Crippen LogP contribution in [0, 0.1) is 11.8 Å². The van der Waals surface area contributed by atoms with Gasteiger partial charge in [-0.15, -0.1) is 0 Å². The Morgan fingerprint density at radius 1 is 1.23 bits per heavy atom. The zero-order chi connectivity index (χ0) is 9.42. The summed E-state index contributed by atoms with van der Waals surface area (Å²) in [5, 5.41) is 9.27. The molecule has 1 N–H and O–H groups in total. The van der Waals surface area contributed by atoms with Gasteiger partial charge in [-0.2, -0.15) is 0 Å². The van der Waals surface area contributed by atoms with Crippen LogP contribution in [-0.2, 0) is 4.74 Å². The van der Waals surface area contributed by atoms with E-state index in [0.29, 0.717) is 30.7 Å². The molecular formula is C10H19NO2. The summed E-state index contributed by atoms with van der Waals surface area (Å²) in [5.41, 5.74) is 0. The van der Waals surface area contributed by atoms with Crippen molar-refractivity contribution in [3.63, 3.8) is 0 Å². The molecule has 0 aromatic carbocycles. The lowest BCUT2D eigenvalue weighted by atomic mass is 9.79. The molecule has 0 amide bonds. The molecule has 0 saturated carbocycles. The minimum Gasteiger partial charge on any atom is -0.396 e. The van der Waals surface area contributed by atoms with E-state index in [1.54, 1.807) is 0 Å². The second kappa shape index (κ2) is 3.56. The zero-order valence-electron chi connectivity index (χ0n) is 8.44. The number of ether oxygens (including phenoxy) is 1. The Hall–Kier alpha value is -0.120. The van der Waals surface area contributed by atoms with E-state index in [2.05, 4.69) is 19.0 Å². The van der Waals surface area contributed by atoms with Crippen molar-refractivity contribution >= 4 is 0 Å². The van der Waals surface area contributed by atoms with Crippen LogP contribution in [0.5, 0.6) is 0 Å². The molecule has 2 fully saturated rings. The highest BCUT2D eigenvalue weighted by atomic mass is 16.5. The SMILES string of the molecule is CN(C)C[C@@H]1[C@H](CO)[C@H]2CC[C@@H]1O2. The fraction of sp³-hybridized carbons (Fsp3) is 1.00. The Morgan fingerprint density at radius 3 is 2.38 bits per heavy atom. The molecule has 2 saturated heterocycles. The third-order valence-electron chi connectivity index (χ3n) is 3.38. The summed E-state index contributed by atoms with van der Waals surface area (Å²) < 4.78 is 5.80. The van der Waals surface area contributed by atoms with Crippen LogP contribution in [0.15, 0.2) is 0 Å². The molecule has 76 valence electrons. The molecule has 0 aromatic heterocycles. The Balaban J connectivity index is 2.00. The van der Waals surface area contributed by atoms with E-state index in [9.17, 15) is 5.11 Å². The van der Waals surface area contributed by atoms with Crippen LogP contribution in [0.25, 0.3) is 0 Å². The monoisotopic (exact) mass is 185 g/mol. The molecule has 2 aliphatic rings. The van der Waals surface area contributed by atoms with E-state index in [0.717, 1.165) is 13.0 Å². The molecular weight excluding hydrogens is 166 g/mol. The van der Waals surface area contributed by atoms with Crippen molar-refractivity contribution in [2.75, 3.05) is 27.2 Å². The Morgan fingerprint density at radius 2 is 1.85 bits per heavy atom. The van der Waals surface area contributed by atoms with Crippen molar-refractivity contribution in [3.8, 4) is 0 Å². The molecule has 2 rings (SSSR count). The van der Waals surface area contributed by atoms with Gasteiger partial charge in [-0.25, -0.2) is 0 Å². The first-order valence-corrected chi connectivity index (χ1v) is 5.13. The van der Waals surface area contributed by atoms with Crippen molar-refractivity contribution < 1.29 is 9.84 Å². The largest absolute Gasteiger partial charge is 0.396 e. The minimum atomic E-state index is 0.291. The van der Waals surface area contributed by atoms with Gasteiger partial charge in [-0.1, -0.05) is 0 Å². The first-order valence-electron chi connectivity index (χ1n) is 5.13. The predicted octanol–water partition coefficient (Wildman–Crippen LogP) is 0.334. The topological polar surface area (TPSA) is 32.7 Å². The van der Waals surface area contributed by atoms with Crippen molar-refractivity contribution in [2.24, 2.45) is 11.8 Å². The van der Waals surface area contributed by atoms with Crippen LogP contribution in [0.3, 0.4) is 0 Å². The highest BCUT2D eigenvalue weighted by Gasteiger charge is 2.48. The normalized spacial score (nSPS) is 43.4. The lowest BCUT2D eigenvalue weighted by Gasteiger charge is -2.28. The average Bonchev–Trinajstić information content (AvgIpc) is 2.62. The van der Waals surface area contributed by atoms with Gasteiger partial charge < -0.3 is 14.7 Å². The van der Waals surface area contributed by atoms with Crippen LogP contribution in [0.1, 0.15) is 12.8 Å². The molecule has 4 atom stereocenters. The van der Waals surface area contributed by atoms with Crippen LogP contribution in [0.2, 0.25) is 0 Å². The maximum absolute atomic E-state index is 9.27. The second-order valence-corrected chi connectivity index (χ2v) is 4.56. The third-order valence-corrected chi connectivity index (χ3v) is 3.38. The number of aliphatic hydroxyl groups is 1. The molecule has 0 aromatic rings. The molecule has 3 heteroatoms. The smallest absolute Gasteiger partial charge is 0.0634 e. The number of nitrogens with zero attached hydrogens (tertiary/aromatic N) is 1. The molecule has 0 spiro atoms. The summed E-state index contributed by atoms with van der Waals surface area (Å²) in [5.74, 6) is 0.944. The standard InChI is InChI=1S/C10H19NO2/c1-11(2)5-7-8(6-12)10-4-3-9(7)13-10/h7-10,12H,3-6H2,1-2H3/t7-,8+,9+,10-/m1/s1. The van der Waals surface area contributed by atoms with Crippen LogP contribution >= 0.6 is 0 Å². The molecule has 0 aliphatic carbocycles. The van der Waals surface area contributed by atoms with Gasteiger partial charge in [-0.05, 0) is 26.9 Å². The minimum absolute atomic E-state index is 0.291. The fourth-order valence-corrected chi connectivity index (χ4v) is 2.80. The van der Waals surface area contributed by atoms with Gasteiger partial charge in [-0.3, -0.25) is 0 Å². The Labute approximate surface area is 79.7 Å². The van der Waals surface area contributed by atoms with Gasteiger partial charge in [0.1, 0.15) is 0 Å². The summed E-state index contributed by atoms with van der Waals surface area (Å²) in [6.45, 7) is 1.34. The second-order valence-electron chi connectivity index (χ2n) is 4.56. The van der Waals surface area contributed by atoms with Crippen molar-refractivity contribution in [3.05, 3.63) is 0 Å². The number of fused-ring (bicyclic) bond motifs is 2. The Kier molecular flexibility index (Phi) is 2.58. The van der Waals surface area contributed by atoms with Crippen LogP contribution in [0.4, 0.5) is 0 Å². The zero-order valence-corrected chi connectivity index (χ0v) is 8.44. The Bertz CT molecular complexity index is 184. The quantitative estimate of drug-likeness (QED) is 0.688. The molecule has 13 heavy (non-hydrogen) atoms. The number of aliphatic hydroxyl groups excluding tert-OH is 1. The number of rotatable bonds is 3. The van der Waals surface area contributed by atoms with Gasteiger partial charge >= 0.3 is 0 Å². The van der Waals surface area contributed by atoms with Crippen LogP contribution < -0.4 is 0 Å². The summed E-state index contributed by atoms with van der Waals surface area (Å²) >= 11 is 0. The van der Waals surface area contributed by atoms with E-state index in [1.807, 2.05) is 0 Å². The van der Waals surface area contributed by atoms with Gasteiger partial charge in [0.2, 0.25) is 0 Å². The number of hydrogen-bond donors (Lipinski definition) is 1. The molecule has 2 aliphatic heterocycles. The van der Waals surface area contributed by atoms with E-state index < -0.39 is 0 Å². The number of hydrogen-bond acceptors (Lipinski definition) is 3. The van der Waals surface area contributed by atoms with E-state index in [4.69, 9.17) is 4.74 Å². The highest BCUT2D eigenvalue weighted by molar-refractivity contribution is 4.96. The molecule has 3 nitrogen and oxygen atoms in total. The van der Waals surface area contributed by atoms with E-state index in [1.165, 1.54) is 6.42 Å². The van der Waals surface area contributed by atoms with Gasteiger partial charge in [0, 0.05) is 25.0 Å². The molecule has 0 unspecified atom stereocenters. The average molecular weight is 185 g/mol. The molecule has 2 heterocycles. The third kappa shape index (κ3) is 1.60. The van der Waals surface area contributed by atoms with E-state index >= 15 is 0 Å². The lowest BCUT2D eigenvalue weighted by molar-refractivity contribution is 0.0781. The first-order chi connectivity index (χ1) is 6.22. The summed E-state index contributed by atoms with van der Waals surface area (Å²) in [6.07, 6.45) is 3.11. The summed E-state index contributed by atoms with van der Waals surface area (Å²) in [6, 6.07) is 0. The molecule has 2 bridgehead atoms. The van der Waals surface area contributed by atoms with E-state index in [-0.39, 0.29) is 0 Å². The lowest BCUT2D eigenvalue weighted by Crippen LogP contribution is -2.36. The van der Waals surface area contributed by atoms with Gasteiger partial charge in [0.15, 0.2) is 0 Å². The predicted molar refractivity (Wildman–Crippen MR) is 50.5 cm³/mol. The van der Waals surface area contributed by atoms with Crippen molar-refractivity contribution in [1.82, 2.24) is 4.90 Å². The van der Waals surface area contributed by atoms with Crippen molar-refractivity contribution in [1.29, 1.82) is 0 Å². The molecule has 0 radical (unpaired) electrons.